The van der Waals surface area contributed by atoms with E-state index in [1.807, 2.05) is 6.92 Å². The predicted octanol–water partition coefficient (Wildman–Crippen LogP) is 3.43. The largest absolute Gasteiger partial charge is 0.481 e. The zero-order valence-corrected chi connectivity index (χ0v) is 14.8. The van der Waals surface area contributed by atoms with Crippen molar-refractivity contribution >= 4 is 37.6 Å². The molecule has 0 aromatic heterocycles. The maximum absolute atomic E-state index is 12.9. The van der Waals surface area contributed by atoms with Crippen LogP contribution in [-0.2, 0) is 14.8 Å². The standard InChI is InChI=1S/C16H16BrNO4S/c1-12-2-8-15(9-3-12)23(21,22)18(11-10-16(19)20)14-6-4-13(17)5-7-14/h2-9H,10-11H2,1H3,(H,19,20). The molecule has 0 saturated carbocycles. The molecule has 0 atom stereocenters. The number of hydrogen-bond donors (Lipinski definition) is 1. The van der Waals surface area contributed by atoms with Gasteiger partial charge in [0.25, 0.3) is 10.0 Å². The van der Waals surface area contributed by atoms with E-state index in [9.17, 15) is 13.2 Å². The summed E-state index contributed by atoms with van der Waals surface area (Å²) in [4.78, 5) is 11.0. The summed E-state index contributed by atoms with van der Waals surface area (Å²) in [5.41, 5.74) is 1.37. The molecule has 1 N–H and O–H groups in total. The number of benzene rings is 2. The minimum atomic E-state index is -3.82. The summed E-state index contributed by atoms with van der Waals surface area (Å²) in [7, 11) is -3.82. The lowest BCUT2D eigenvalue weighted by Gasteiger charge is -2.24. The number of nitrogens with zero attached hydrogens (tertiary/aromatic N) is 1. The van der Waals surface area contributed by atoms with Crippen molar-refractivity contribution in [3.63, 3.8) is 0 Å². The topological polar surface area (TPSA) is 74.7 Å². The lowest BCUT2D eigenvalue weighted by molar-refractivity contribution is -0.136. The van der Waals surface area contributed by atoms with E-state index >= 15 is 0 Å². The first kappa shape index (κ1) is 17.5. The van der Waals surface area contributed by atoms with Crippen LogP contribution in [0.4, 0.5) is 5.69 Å². The monoisotopic (exact) mass is 397 g/mol. The Bertz CT molecular complexity index is 786. The first-order valence-corrected chi connectivity index (χ1v) is 9.11. The highest BCUT2D eigenvalue weighted by atomic mass is 79.9. The second kappa shape index (κ2) is 7.14. The molecule has 5 nitrogen and oxygen atoms in total. The highest BCUT2D eigenvalue weighted by Gasteiger charge is 2.25. The van der Waals surface area contributed by atoms with E-state index in [4.69, 9.17) is 5.11 Å². The fourth-order valence-corrected chi connectivity index (χ4v) is 3.76. The average Bonchev–Trinajstić information content (AvgIpc) is 2.49. The molecule has 0 saturated heterocycles. The van der Waals surface area contributed by atoms with Gasteiger partial charge in [-0.3, -0.25) is 9.10 Å². The van der Waals surface area contributed by atoms with Crippen molar-refractivity contribution in [3.8, 4) is 0 Å². The third-order valence-corrected chi connectivity index (χ3v) is 5.62. The van der Waals surface area contributed by atoms with Crippen LogP contribution in [0.3, 0.4) is 0 Å². The van der Waals surface area contributed by atoms with Crippen molar-refractivity contribution in [1.29, 1.82) is 0 Å². The number of aryl methyl sites for hydroxylation is 1. The molecule has 0 fully saturated rings. The molecule has 0 unspecified atom stereocenters. The van der Waals surface area contributed by atoms with Crippen molar-refractivity contribution in [3.05, 3.63) is 58.6 Å². The fraction of sp³-hybridized carbons (Fsp3) is 0.188. The van der Waals surface area contributed by atoms with Gasteiger partial charge in [0.15, 0.2) is 0 Å². The molecule has 2 rings (SSSR count). The quantitative estimate of drug-likeness (QED) is 0.809. The third-order valence-electron chi connectivity index (χ3n) is 3.25. The van der Waals surface area contributed by atoms with E-state index in [1.165, 1.54) is 12.1 Å². The SMILES string of the molecule is Cc1ccc(S(=O)(=O)N(CCC(=O)O)c2ccc(Br)cc2)cc1. The van der Waals surface area contributed by atoms with Gasteiger partial charge < -0.3 is 5.11 Å². The van der Waals surface area contributed by atoms with Crippen molar-refractivity contribution in [2.24, 2.45) is 0 Å². The van der Waals surface area contributed by atoms with Gasteiger partial charge in [-0.1, -0.05) is 33.6 Å². The summed E-state index contributed by atoms with van der Waals surface area (Å²) in [5.74, 6) is -1.05. The number of aliphatic carboxylic acids is 1. The van der Waals surface area contributed by atoms with E-state index in [-0.39, 0.29) is 17.9 Å². The van der Waals surface area contributed by atoms with Crippen molar-refractivity contribution in [2.75, 3.05) is 10.8 Å². The lowest BCUT2D eigenvalue weighted by atomic mass is 10.2. The van der Waals surface area contributed by atoms with Crippen LogP contribution in [-0.4, -0.2) is 26.0 Å². The number of carboxylic acid groups (broad SMARTS) is 1. The van der Waals surface area contributed by atoms with Gasteiger partial charge in [0, 0.05) is 11.0 Å². The Hall–Kier alpha value is -1.86. The van der Waals surface area contributed by atoms with Crippen LogP contribution in [0.2, 0.25) is 0 Å². The van der Waals surface area contributed by atoms with E-state index in [1.54, 1.807) is 36.4 Å². The highest BCUT2D eigenvalue weighted by Crippen LogP contribution is 2.25. The van der Waals surface area contributed by atoms with Gasteiger partial charge in [-0.15, -0.1) is 0 Å². The Morgan fingerprint density at radius 1 is 1.09 bits per heavy atom. The van der Waals surface area contributed by atoms with Crippen LogP contribution >= 0.6 is 15.9 Å². The molecule has 122 valence electrons. The lowest BCUT2D eigenvalue weighted by Crippen LogP contribution is -2.33. The maximum atomic E-state index is 12.9. The smallest absolute Gasteiger partial charge is 0.305 e. The second-order valence-corrected chi connectivity index (χ2v) is 7.79. The molecule has 0 spiro atoms. The molecule has 0 heterocycles. The van der Waals surface area contributed by atoms with Gasteiger partial charge in [-0.2, -0.15) is 0 Å². The molecule has 0 aliphatic rings. The Balaban J connectivity index is 2.44. The van der Waals surface area contributed by atoms with Crippen LogP contribution in [0.1, 0.15) is 12.0 Å². The summed E-state index contributed by atoms with van der Waals surface area (Å²) >= 11 is 3.30. The molecule has 23 heavy (non-hydrogen) atoms. The predicted molar refractivity (Wildman–Crippen MR) is 92.1 cm³/mol. The molecule has 0 aliphatic carbocycles. The van der Waals surface area contributed by atoms with E-state index < -0.39 is 16.0 Å². The number of anilines is 1. The summed E-state index contributed by atoms with van der Waals surface area (Å²) in [6.45, 7) is 1.74. The minimum absolute atomic E-state index is 0.132. The van der Waals surface area contributed by atoms with Gasteiger partial charge >= 0.3 is 5.97 Å². The molecule has 0 bridgehead atoms. The summed E-state index contributed by atoms with van der Waals surface area (Å²) in [6, 6.07) is 13.2. The second-order valence-electron chi connectivity index (χ2n) is 5.01. The van der Waals surface area contributed by atoms with Gasteiger partial charge in [-0.05, 0) is 43.3 Å². The van der Waals surface area contributed by atoms with Crippen LogP contribution in [0.15, 0.2) is 57.9 Å². The van der Waals surface area contributed by atoms with Gasteiger partial charge in [-0.25, -0.2) is 8.42 Å². The Kier molecular flexibility index (Phi) is 5.43. The third kappa shape index (κ3) is 4.33. The zero-order valence-electron chi connectivity index (χ0n) is 12.4. The molecule has 7 heteroatoms. The minimum Gasteiger partial charge on any atom is -0.481 e. The molecule has 0 aliphatic heterocycles. The molecule has 0 radical (unpaired) electrons. The summed E-state index contributed by atoms with van der Waals surface area (Å²) in [5, 5.41) is 8.90. The maximum Gasteiger partial charge on any atom is 0.305 e. The molecule has 0 amide bonds. The summed E-state index contributed by atoms with van der Waals surface area (Å²) < 4.78 is 27.7. The van der Waals surface area contributed by atoms with Crippen LogP contribution in [0.5, 0.6) is 0 Å². The van der Waals surface area contributed by atoms with Crippen LogP contribution in [0.25, 0.3) is 0 Å². The van der Waals surface area contributed by atoms with E-state index in [2.05, 4.69) is 15.9 Å². The number of hydrogen-bond acceptors (Lipinski definition) is 3. The number of carbonyl (C=O) groups is 1. The normalized spacial score (nSPS) is 11.2. The van der Waals surface area contributed by atoms with Crippen molar-refractivity contribution < 1.29 is 18.3 Å². The van der Waals surface area contributed by atoms with E-state index in [0.29, 0.717) is 5.69 Å². The first-order chi connectivity index (χ1) is 10.8. The number of halogens is 1. The number of rotatable bonds is 6. The van der Waals surface area contributed by atoms with Crippen LogP contribution in [0, 0.1) is 6.92 Å². The summed E-state index contributed by atoms with van der Waals surface area (Å²) in [6.07, 6.45) is -0.277. The zero-order chi connectivity index (χ0) is 17.0. The average molecular weight is 398 g/mol. The van der Waals surface area contributed by atoms with Crippen molar-refractivity contribution in [1.82, 2.24) is 0 Å². The number of sulfonamides is 1. The van der Waals surface area contributed by atoms with Crippen molar-refractivity contribution in [2.45, 2.75) is 18.2 Å². The van der Waals surface area contributed by atoms with Crippen LogP contribution < -0.4 is 4.31 Å². The molecular formula is C16H16BrNO4S. The van der Waals surface area contributed by atoms with Gasteiger partial charge in [0.2, 0.25) is 0 Å². The molecule has 2 aromatic rings. The Morgan fingerprint density at radius 2 is 1.65 bits per heavy atom. The van der Waals surface area contributed by atoms with Gasteiger partial charge in [0.05, 0.1) is 17.0 Å². The Labute approximate surface area is 143 Å². The first-order valence-electron chi connectivity index (χ1n) is 6.87. The van der Waals surface area contributed by atoms with E-state index in [0.717, 1.165) is 14.3 Å². The molecular weight excluding hydrogens is 382 g/mol. The Morgan fingerprint density at radius 3 is 2.17 bits per heavy atom. The number of carboxylic acids is 1. The van der Waals surface area contributed by atoms with Gasteiger partial charge in [0.1, 0.15) is 0 Å². The highest BCUT2D eigenvalue weighted by molar-refractivity contribution is 9.10. The fourth-order valence-electron chi connectivity index (χ4n) is 2.03. The molecule has 2 aromatic carbocycles.